The minimum Gasteiger partial charge on any atom is -0.393 e. The lowest BCUT2D eigenvalue weighted by molar-refractivity contribution is 0.891. The van der Waals surface area contributed by atoms with Crippen LogP contribution in [0.1, 0.15) is 27.7 Å². The van der Waals surface area contributed by atoms with Crippen LogP contribution in [0.15, 0.2) is 0 Å². The molecule has 0 fully saturated rings. The van der Waals surface area contributed by atoms with Gasteiger partial charge >= 0.3 is 0 Å². The van der Waals surface area contributed by atoms with E-state index in [4.69, 9.17) is 5.73 Å². The molecule has 2 N–H and O–H groups in total. The van der Waals surface area contributed by atoms with Gasteiger partial charge in [0.1, 0.15) is 0 Å². The van der Waals surface area contributed by atoms with Gasteiger partial charge in [-0.25, -0.2) is 0 Å². The van der Waals surface area contributed by atoms with Crippen molar-refractivity contribution in [1.82, 2.24) is 0 Å². The van der Waals surface area contributed by atoms with Gasteiger partial charge in [-0.2, -0.15) is 0 Å². The van der Waals surface area contributed by atoms with Gasteiger partial charge in [0.2, 0.25) is 0 Å². The van der Waals surface area contributed by atoms with Crippen LogP contribution >= 0.6 is 12.2 Å². The van der Waals surface area contributed by atoms with Crippen molar-refractivity contribution in [2.24, 2.45) is 11.7 Å². The summed E-state index contributed by atoms with van der Waals surface area (Å²) in [5, 5.41) is 0. The number of thiocarbonyl (C=S) groups is 1. The van der Waals surface area contributed by atoms with Crippen LogP contribution < -0.4 is 5.73 Å². The molecule has 0 bridgehead atoms. The maximum atomic E-state index is 5.17. The highest BCUT2D eigenvalue weighted by atomic mass is 32.1. The van der Waals surface area contributed by atoms with Gasteiger partial charge in [-0.15, -0.1) is 0 Å². The third kappa shape index (κ3) is 9.31. The Bertz CT molecular complexity index is 59.5. The van der Waals surface area contributed by atoms with Gasteiger partial charge < -0.3 is 5.73 Å². The van der Waals surface area contributed by atoms with Crippen LogP contribution in [0, 0.1) is 5.92 Å². The van der Waals surface area contributed by atoms with Gasteiger partial charge in [0.25, 0.3) is 0 Å². The first-order valence-electron chi connectivity index (χ1n) is 2.94. The lowest BCUT2D eigenvalue weighted by Gasteiger charge is -1.95. The molecule has 0 aliphatic rings. The van der Waals surface area contributed by atoms with Crippen LogP contribution in [-0.4, -0.2) is 4.99 Å². The first-order chi connectivity index (χ1) is 3.64. The van der Waals surface area contributed by atoms with Gasteiger partial charge in [-0.1, -0.05) is 39.9 Å². The van der Waals surface area contributed by atoms with E-state index in [9.17, 15) is 0 Å². The number of rotatable bonds is 1. The fourth-order valence-corrected chi connectivity index (χ4v) is 0. The largest absolute Gasteiger partial charge is 0.393 e. The minimum absolute atomic E-state index is 0.361. The molecule has 0 rings (SSSR count). The second kappa shape index (κ2) is 6.89. The van der Waals surface area contributed by atoms with Crippen molar-refractivity contribution in [3.63, 3.8) is 0 Å². The van der Waals surface area contributed by atoms with Crippen molar-refractivity contribution < 1.29 is 0 Å². The summed E-state index contributed by atoms with van der Waals surface area (Å²) in [5.74, 6) is 0.361. The molecule has 0 aromatic heterocycles. The van der Waals surface area contributed by atoms with Gasteiger partial charge in [0.15, 0.2) is 0 Å². The zero-order chi connectivity index (χ0) is 7.15. The average molecular weight is 133 g/mol. The van der Waals surface area contributed by atoms with Gasteiger partial charge in [-0.05, 0) is 0 Å². The van der Waals surface area contributed by atoms with Crippen LogP contribution in [0.3, 0.4) is 0 Å². The molecule has 50 valence electrons. The molecule has 0 amide bonds. The Labute approximate surface area is 57.3 Å². The Morgan fingerprint density at radius 2 is 1.50 bits per heavy atom. The standard InChI is InChI=1S/C4H9NS.C2H6/c1-3(2)4(5)6;1-2/h3H,1-2H3,(H2,5,6);1-2H3. The topological polar surface area (TPSA) is 26.0 Å². The van der Waals surface area contributed by atoms with Crippen molar-refractivity contribution in [3.8, 4) is 0 Å². The first-order valence-corrected chi connectivity index (χ1v) is 3.34. The Morgan fingerprint density at radius 3 is 1.50 bits per heavy atom. The maximum Gasteiger partial charge on any atom is 0.0753 e. The van der Waals surface area contributed by atoms with E-state index in [1.807, 2.05) is 27.7 Å². The lowest BCUT2D eigenvalue weighted by Crippen LogP contribution is -2.14. The van der Waals surface area contributed by atoms with E-state index in [-0.39, 0.29) is 0 Å². The average Bonchev–Trinajstić information content (AvgIpc) is 1.72. The fourth-order valence-electron chi connectivity index (χ4n) is 0. The number of nitrogens with two attached hydrogens (primary N) is 1. The van der Waals surface area contributed by atoms with E-state index in [0.29, 0.717) is 10.9 Å². The predicted octanol–water partition coefficient (Wildman–Crippen LogP) is 1.95. The molecule has 0 aliphatic carbocycles. The van der Waals surface area contributed by atoms with Crippen molar-refractivity contribution in [3.05, 3.63) is 0 Å². The minimum atomic E-state index is 0.361. The summed E-state index contributed by atoms with van der Waals surface area (Å²) in [4.78, 5) is 0.593. The lowest BCUT2D eigenvalue weighted by atomic mass is 10.2. The van der Waals surface area contributed by atoms with E-state index in [1.54, 1.807) is 0 Å². The Kier molecular flexibility index (Phi) is 9.30. The summed E-state index contributed by atoms with van der Waals surface area (Å²) < 4.78 is 0. The Balaban J connectivity index is 0. The molecule has 0 aromatic rings. The van der Waals surface area contributed by atoms with Crippen LogP contribution in [-0.2, 0) is 0 Å². The summed E-state index contributed by atoms with van der Waals surface area (Å²) in [6, 6.07) is 0. The summed E-state index contributed by atoms with van der Waals surface area (Å²) in [5.41, 5.74) is 5.17. The zero-order valence-electron chi connectivity index (χ0n) is 6.06. The third-order valence-electron chi connectivity index (χ3n) is 0.569. The van der Waals surface area contributed by atoms with Crippen molar-refractivity contribution in [2.75, 3.05) is 0 Å². The molecule has 0 unspecified atom stereocenters. The van der Waals surface area contributed by atoms with E-state index < -0.39 is 0 Å². The normalized spacial score (nSPS) is 7.62. The van der Waals surface area contributed by atoms with E-state index >= 15 is 0 Å². The molecular formula is C6H15NS. The summed E-state index contributed by atoms with van der Waals surface area (Å²) in [6.45, 7) is 7.95. The molecule has 0 heterocycles. The van der Waals surface area contributed by atoms with E-state index in [0.717, 1.165) is 0 Å². The molecule has 2 heteroatoms. The zero-order valence-corrected chi connectivity index (χ0v) is 6.88. The highest BCUT2D eigenvalue weighted by Crippen LogP contribution is 1.88. The maximum absolute atomic E-state index is 5.17. The smallest absolute Gasteiger partial charge is 0.0753 e. The van der Waals surface area contributed by atoms with Crippen molar-refractivity contribution in [1.29, 1.82) is 0 Å². The van der Waals surface area contributed by atoms with Gasteiger partial charge in [0.05, 0.1) is 4.99 Å². The predicted molar refractivity (Wildman–Crippen MR) is 43.0 cm³/mol. The number of hydrogen-bond acceptors (Lipinski definition) is 1. The van der Waals surface area contributed by atoms with Crippen LogP contribution in [0.2, 0.25) is 0 Å². The quantitative estimate of drug-likeness (QED) is 0.553. The fraction of sp³-hybridized carbons (Fsp3) is 0.833. The molecule has 8 heavy (non-hydrogen) atoms. The highest BCUT2D eigenvalue weighted by Gasteiger charge is 1.90. The Morgan fingerprint density at radius 1 is 1.38 bits per heavy atom. The van der Waals surface area contributed by atoms with Crippen molar-refractivity contribution >= 4 is 17.2 Å². The summed E-state index contributed by atoms with van der Waals surface area (Å²) in [6.07, 6.45) is 0. The molecule has 0 atom stereocenters. The second-order valence-electron chi connectivity index (χ2n) is 1.56. The summed E-state index contributed by atoms with van der Waals surface area (Å²) in [7, 11) is 0. The van der Waals surface area contributed by atoms with Crippen LogP contribution in [0.25, 0.3) is 0 Å². The first kappa shape index (κ1) is 10.8. The van der Waals surface area contributed by atoms with Crippen molar-refractivity contribution in [2.45, 2.75) is 27.7 Å². The van der Waals surface area contributed by atoms with Gasteiger partial charge in [0, 0.05) is 5.92 Å². The SMILES string of the molecule is CC.CC(C)C(N)=S. The molecular weight excluding hydrogens is 118 g/mol. The monoisotopic (exact) mass is 133 g/mol. The molecule has 0 spiro atoms. The van der Waals surface area contributed by atoms with Crippen LogP contribution in [0.4, 0.5) is 0 Å². The molecule has 0 aliphatic heterocycles. The van der Waals surface area contributed by atoms with Gasteiger partial charge in [-0.3, -0.25) is 0 Å². The molecule has 0 aromatic carbocycles. The Hall–Kier alpha value is -0.110. The highest BCUT2D eigenvalue weighted by molar-refractivity contribution is 7.80. The molecule has 0 radical (unpaired) electrons. The third-order valence-corrected chi connectivity index (χ3v) is 1.04. The molecule has 1 nitrogen and oxygen atoms in total. The molecule has 0 saturated heterocycles. The molecule has 0 saturated carbocycles. The second-order valence-corrected chi connectivity index (χ2v) is 2.03. The number of hydrogen-bond donors (Lipinski definition) is 1. The van der Waals surface area contributed by atoms with E-state index in [1.165, 1.54) is 0 Å². The van der Waals surface area contributed by atoms with Crippen LogP contribution in [0.5, 0.6) is 0 Å². The summed E-state index contributed by atoms with van der Waals surface area (Å²) >= 11 is 4.60. The van der Waals surface area contributed by atoms with E-state index in [2.05, 4.69) is 12.2 Å².